The number of hydrogen-bond donors (Lipinski definition) is 1. The van der Waals surface area contributed by atoms with Crippen molar-refractivity contribution in [2.75, 3.05) is 17.7 Å². The van der Waals surface area contributed by atoms with Gasteiger partial charge >= 0.3 is 5.97 Å². The number of nitrogens with one attached hydrogen (secondary N) is 1. The summed E-state index contributed by atoms with van der Waals surface area (Å²) in [6, 6.07) is 17.7. The van der Waals surface area contributed by atoms with Crippen molar-refractivity contribution in [3.63, 3.8) is 0 Å². The third-order valence-electron chi connectivity index (χ3n) is 3.96. The van der Waals surface area contributed by atoms with Crippen LogP contribution in [0.4, 0.5) is 5.13 Å². The summed E-state index contributed by atoms with van der Waals surface area (Å²) in [7, 11) is -3.66. The molecule has 156 valence electrons. The molecule has 0 atom stereocenters. The Labute approximate surface area is 178 Å². The highest BCUT2D eigenvalue weighted by molar-refractivity contribution is 7.91. The quantitative estimate of drug-likeness (QED) is 0.533. The lowest BCUT2D eigenvalue weighted by atomic mass is 10.1. The summed E-state index contributed by atoms with van der Waals surface area (Å²) < 4.78 is 29.7. The Balaban J connectivity index is 1.77. The zero-order valence-corrected chi connectivity index (χ0v) is 17.8. The first kappa shape index (κ1) is 21.7. The second-order valence-corrected chi connectivity index (χ2v) is 9.41. The lowest BCUT2D eigenvalue weighted by Gasteiger charge is -2.04. The van der Waals surface area contributed by atoms with Crippen molar-refractivity contribution in [1.29, 1.82) is 0 Å². The Hall–Kier alpha value is -3.04. The zero-order valence-electron chi connectivity index (χ0n) is 16.2. The van der Waals surface area contributed by atoms with Gasteiger partial charge in [0.15, 0.2) is 15.0 Å². The van der Waals surface area contributed by atoms with Gasteiger partial charge in [-0.3, -0.25) is 4.79 Å². The van der Waals surface area contributed by atoms with Gasteiger partial charge in [0.2, 0.25) is 5.91 Å². The Morgan fingerprint density at radius 3 is 2.30 bits per heavy atom. The van der Waals surface area contributed by atoms with E-state index in [9.17, 15) is 18.0 Å². The van der Waals surface area contributed by atoms with E-state index >= 15 is 0 Å². The number of sulfone groups is 1. The lowest BCUT2D eigenvalue weighted by Crippen LogP contribution is -2.23. The minimum atomic E-state index is -3.66. The van der Waals surface area contributed by atoms with E-state index in [0.717, 1.165) is 11.3 Å². The largest absolute Gasteiger partial charge is 0.462 e. The van der Waals surface area contributed by atoms with Crippen molar-refractivity contribution in [2.45, 2.75) is 12.7 Å². The van der Waals surface area contributed by atoms with Crippen LogP contribution in [0.5, 0.6) is 0 Å². The Bertz CT molecular complexity index is 1130. The maximum atomic E-state index is 12.3. The maximum absolute atomic E-state index is 12.3. The highest BCUT2D eigenvalue weighted by Gasteiger charge is 2.23. The van der Waals surface area contributed by atoms with Gasteiger partial charge in [-0.15, -0.1) is 0 Å². The molecule has 3 aromatic rings. The molecule has 30 heavy (non-hydrogen) atoms. The normalized spacial score (nSPS) is 11.1. The molecular weight excluding hydrogens is 424 g/mol. The molecule has 0 fully saturated rings. The molecule has 0 bridgehead atoms. The summed E-state index contributed by atoms with van der Waals surface area (Å²) in [6.07, 6.45) is 0. The summed E-state index contributed by atoms with van der Waals surface area (Å²) in [5, 5.41) is 2.63. The van der Waals surface area contributed by atoms with Gasteiger partial charge in [-0.05, 0) is 12.5 Å². The monoisotopic (exact) mass is 444 g/mol. The van der Waals surface area contributed by atoms with E-state index < -0.39 is 27.5 Å². The summed E-state index contributed by atoms with van der Waals surface area (Å²) in [4.78, 5) is 29.2. The highest BCUT2D eigenvalue weighted by Crippen LogP contribution is 2.31. The minimum Gasteiger partial charge on any atom is -0.462 e. The number of anilines is 1. The summed E-state index contributed by atoms with van der Waals surface area (Å²) in [5.41, 5.74) is 1.67. The number of esters is 1. The second-order valence-electron chi connectivity index (χ2n) is 6.35. The molecule has 2 aromatic carbocycles. The third kappa shape index (κ3) is 5.74. The van der Waals surface area contributed by atoms with Crippen LogP contribution >= 0.6 is 11.3 Å². The smallest absolute Gasteiger partial charge is 0.350 e. The molecule has 0 unspecified atom stereocenters. The number of hydrogen-bond acceptors (Lipinski definition) is 7. The molecule has 9 heteroatoms. The average Bonchev–Trinajstić information content (AvgIpc) is 3.12. The number of aromatic nitrogens is 1. The molecule has 3 rings (SSSR count). The predicted octanol–water partition coefficient (Wildman–Crippen LogP) is 3.54. The van der Waals surface area contributed by atoms with E-state index in [2.05, 4.69) is 10.3 Å². The Kier molecular flexibility index (Phi) is 6.96. The van der Waals surface area contributed by atoms with E-state index in [1.54, 1.807) is 61.5 Å². The summed E-state index contributed by atoms with van der Waals surface area (Å²) in [6.45, 7) is 1.89. The number of rotatable bonds is 8. The molecule has 0 saturated heterocycles. The summed E-state index contributed by atoms with van der Waals surface area (Å²) >= 11 is 0.948. The lowest BCUT2D eigenvalue weighted by molar-refractivity contribution is -0.113. The Morgan fingerprint density at radius 2 is 1.67 bits per heavy atom. The van der Waals surface area contributed by atoms with Crippen LogP contribution in [0, 0.1) is 0 Å². The fourth-order valence-electron chi connectivity index (χ4n) is 2.73. The second kappa shape index (κ2) is 9.64. The molecule has 0 aliphatic carbocycles. The first-order valence-corrected chi connectivity index (χ1v) is 11.8. The van der Waals surface area contributed by atoms with Crippen LogP contribution in [0.3, 0.4) is 0 Å². The van der Waals surface area contributed by atoms with Gasteiger partial charge in [-0.1, -0.05) is 72.0 Å². The van der Waals surface area contributed by atoms with Gasteiger partial charge in [0.25, 0.3) is 0 Å². The number of ether oxygens (including phenoxy) is 1. The van der Waals surface area contributed by atoms with Gasteiger partial charge < -0.3 is 10.1 Å². The number of thiazole rings is 1. The number of carbonyl (C=O) groups excluding carboxylic acids is 2. The van der Waals surface area contributed by atoms with Crippen molar-refractivity contribution >= 4 is 38.2 Å². The first-order valence-electron chi connectivity index (χ1n) is 9.15. The molecule has 1 heterocycles. The van der Waals surface area contributed by atoms with Crippen LogP contribution in [0.25, 0.3) is 11.3 Å². The van der Waals surface area contributed by atoms with Crippen LogP contribution in [0.15, 0.2) is 60.7 Å². The predicted molar refractivity (Wildman–Crippen MR) is 116 cm³/mol. The van der Waals surface area contributed by atoms with Gasteiger partial charge in [-0.25, -0.2) is 18.2 Å². The molecule has 0 aliphatic heterocycles. The molecule has 7 nitrogen and oxygen atoms in total. The number of benzene rings is 2. The SMILES string of the molecule is CCOC(=O)c1sc(NC(=O)CS(=O)(=O)Cc2ccccc2)nc1-c1ccccc1. The Morgan fingerprint density at radius 1 is 1.03 bits per heavy atom. The summed E-state index contributed by atoms with van der Waals surface area (Å²) in [5.74, 6) is -2.18. The van der Waals surface area contributed by atoms with Crippen LogP contribution in [-0.2, 0) is 25.1 Å². The minimum absolute atomic E-state index is 0.136. The van der Waals surface area contributed by atoms with Crippen molar-refractivity contribution < 1.29 is 22.7 Å². The fourth-order valence-corrected chi connectivity index (χ4v) is 4.91. The molecule has 1 aromatic heterocycles. The van der Waals surface area contributed by atoms with Gasteiger partial charge in [0, 0.05) is 5.56 Å². The van der Waals surface area contributed by atoms with Crippen LogP contribution in [0.1, 0.15) is 22.2 Å². The van der Waals surface area contributed by atoms with E-state index in [4.69, 9.17) is 4.74 Å². The van der Waals surface area contributed by atoms with Crippen molar-refractivity contribution in [2.24, 2.45) is 0 Å². The third-order valence-corrected chi connectivity index (χ3v) is 6.39. The van der Waals surface area contributed by atoms with E-state index in [1.807, 2.05) is 6.07 Å². The van der Waals surface area contributed by atoms with Crippen LogP contribution in [0.2, 0.25) is 0 Å². The molecule has 0 radical (unpaired) electrons. The van der Waals surface area contributed by atoms with E-state index in [0.29, 0.717) is 16.8 Å². The van der Waals surface area contributed by atoms with Crippen molar-refractivity contribution in [1.82, 2.24) is 4.98 Å². The molecule has 0 saturated carbocycles. The number of nitrogens with zero attached hydrogens (tertiary/aromatic N) is 1. The number of carbonyl (C=O) groups is 2. The standard InChI is InChI=1S/C21H20N2O5S2/c1-2-28-20(25)19-18(16-11-7-4-8-12-16)23-21(29-19)22-17(24)14-30(26,27)13-15-9-5-3-6-10-15/h3-12H,2,13-14H2,1H3,(H,22,23,24). The molecule has 0 spiro atoms. The molecule has 0 aliphatic rings. The zero-order chi connectivity index (χ0) is 21.6. The number of amides is 1. The average molecular weight is 445 g/mol. The molecular formula is C21H20N2O5S2. The van der Waals surface area contributed by atoms with Gasteiger partial charge in [0.05, 0.1) is 18.1 Å². The van der Waals surface area contributed by atoms with Crippen LogP contribution in [-0.4, -0.2) is 37.6 Å². The topological polar surface area (TPSA) is 102 Å². The molecule has 1 amide bonds. The van der Waals surface area contributed by atoms with E-state index in [1.165, 1.54) is 0 Å². The highest BCUT2D eigenvalue weighted by atomic mass is 32.2. The van der Waals surface area contributed by atoms with E-state index in [-0.39, 0.29) is 22.4 Å². The molecule has 1 N–H and O–H groups in total. The van der Waals surface area contributed by atoms with Gasteiger partial charge in [-0.2, -0.15) is 0 Å². The van der Waals surface area contributed by atoms with Gasteiger partial charge in [0.1, 0.15) is 10.6 Å². The van der Waals surface area contributed by atoms with Crippen molar-refractivity contribution in [3.8, 4) is 11.3 Å². The maximum Gasteiger partial charge on any atom is 0.350 e. The van der Waals surface area contributed by atoms with Crippen LogP contribution < -0.4 is 5.32 Å². The van der Waals surface area contributed by atoms with Crippen molar-refractivity contribution in [3.05, 3.63) is 71.1 Å². The first-order chi connectivity index (χ1) is 14.4. The fraction of sp³-hybridized carbons (Fsp3) is 0.190.